The molecule has 1 N–H and O–H groups in total. The summed E-state index contributed by atoms with van der Waals surface area (Å²) in [6.07, 6.45) is 6.99. The smallest absolute Gasteiger partial charge is 0.132 e. The van der Waals surface area contributed by atoms with Crippen LogP contribution < -0.4 is 15.1 Å². The van der Waals surface area contributed by atoms with Gasteiger partial charge in [-0.05, 0) is 38.3 Å². The van der Waals surface area contributed by atoms with E-state index >= 15 is 0 Å². The molecule has 0 saturated carbocycles. The number of anilines is 3. The number of aromatic nitrogens is 3. The van der Waals surface area contributed by atoms with E-state index in [9.17, 15) is 0 Å². The fourth-order valence-corrected chi connectivity index (χ4v) is 3.05. The molecule has 1 saturated heterocycles. The SMILES string of the molecule is Cc1cc(N2CCC[C@@H](Nc3ccc(N(C)C)nc3)CC2)ncn1. The fourth-order valence-electron chi connectivity index (χ4n) is 3.05. The van der Waals surface area contributed by atoms with E-state index < -0.39 is 0 Å². The summed E-state index contributed by atoms with van der Waals surface area (Å²) in [5.41, 5.74) is 2.11. The van der Waals surface area contributed by atoms with Gasteiger partial charge in [0.25, 0.3) is 0 Å². The molecule has 2 aromatic rings. The van der Waals surface area contributed by atoms with Gasteiger partial charge in [0.15, 0.2) is 0 Å². The summed E-state index contributed by atoms with van der Waals surface area (Å²) < 4.78 is 0. The van der Waals surface area contributed by atoms with E-state index in [0.29, 0.717) is 6.04 Å². The van der Waals surface area contributed by atoms with E-state index in [1.165, 1.54) is 0 Å². The number of pyridine rings is 1. The summed E-state index contributed by atoms with van der Waals surface area (Å²) in [7, 11) is 4.01. The maximum atomic E-state index is 4.48. The average Bonchev–Trinajstić information content (AvgIpc) is 2.81. The van der Waals surface area contributed by atoms with E-state index in [-0.39, 0.29) is 0 Å². The van der Waals surface area contributed by atoms with E-state index in [2.05, 4.69) is 43.4 Å². The second-order valence-corrected chi connectivity index (χ2v) is 6.58. The third-order valence-electron chi connectivity index (χ3n) is 4.42. The third-order valence-corrected chi connectivity index (χ3v) is 4.42. The number of hydrogen-bond donors (Lipinski definition) is 1. The third kappa shape index (κ3) is 4.13. The van der Waals surface area contributed by atoms with Gasteiger partial charge in [0.1, 0.15) is 18.0 Å². The van der Waals surface area contributed by atoms with Gasteiger partial charge < -0.3 is 15.1 Å². The predicted molar refractivity (Wildman–Crippen MR) is 98.8 cm³/mol. The van der Waals surface area contributed by atoms with Gasteiger partial charge in [-0.3, -0.25) is 0 Å². The van der Waals surface area contributed by atoms with Crippen LogP contribution in [0.2, 0.25) is 0 Å². The van der Waals surface area contributed by atoms with Gasteiger partial charge in [0.2, 0.25) is 0 Å². The minimum absolute atomic E-state index is 0.477. The predicted octanol–water partition coefficient (Wildman–Crippen LogP) is 2.72. The van der Waals surface area contributed by atoms with E-state index in [1.54, 1.807) is 6.33 Å². The second-order valence-electron chi connectivity index (χ2n) is 6.58. The lowest BCUT2D eigenvalue weighted by Crippen LogP contribution is -2.27. The summed E-state index contributed by atoms with van der Waals surface area (Å²) in [6, 6.07) is 6.70. The lowest BCUT2D eigenvalue weighted by molar-refractivity contribution is 0.639. The molecule has 0 amide bonds. The zero-order chi connectivity index (χ0) is 16.9. The largest absolute Gasteiger partial charge is 0.381 e. The van der Waals surface area contributed by atoms with Gasteiger partial charge in [0, 0.05) is 45.0 Å². The summed E-state index contributed by atoms with van der Waals surface area (Å²) in [6.45, 7) is 4.07. The summed E-state index contributed by atoms with van der Waals surface area (Å²) in [5, 5.41) is 3.63. The van der Waals surface area contributed by atoms with Crippen molar-refractivity contribution in [1.29, 1.82) is 0 Å². The van der Waals surface area contributed by atoms with Gasteiger partial charge >= 0.3 is 0 Å². The topological polar surface area (TPSA) is 57.2 Å². The molecule has 0 aromatic carbocycles. The molecule has 2 aromatic heterocycles. The Bertz CT molecular complexity index is 655. The number of nitrogens with one attached hydrogen (secondary N) is 1. The van der Waals surface area contributed by atoms with Crippen LogP contribution in [0.1, 0.15) is 25.0 Å². The molecule has 0 unspecified atom stereocenters. The molecule has 1 atom stereocenters. The molecule has 0 spiro atoms. The van der Waals surface area contributed by atoms with Gasteiger partial charge in [-0.1, -0.05) is 0 Å². The molecule has 128 valence electrons. The zero-order valence-electron chi connectivity index (χ0n) is 14.7. The van der Waals surface area contributed by atoms with Crippen LogP contribution in [0.5, 0.6) is 0 Å². The quantitative estimate of drug-likeness (QED) is 0.932. The van der Waals surface area contributed by atoms with Gasteiger partial charge in [-0.25, -0.2) is 15.0 Å². The Morgan fingerprint density at radius 3 is 2.71 bits per heavy atom. The van der Waals surface area contributed by atoms with Crippen LogP contribution in [0.3, 0.4) is 0 Å². The molecule has 6 heteroatoms. The molecule has 0 bridgehead atoms. The molecule has 1 fully saturated rings. The van der Waals surface area contributed by atoms with Crippen molar-refractivity contribution >= 4 is 17.3 Å². The normalized spacial score (nSPS) is 18.1. The molecular weight excluding hydrogens is 300 g/mol. The van der Waals surface area contributed by atoms with Crippen LogP contribution in [-0.2, 0) is 0 Å². The maximum Gasteiger partial charge on any atom is 0.132 e. The number of hydrogen-bond acceptors (Lipinski definition) is 6. The Morgan fingerprint density at radius 2 is 2.00 bits per heavy atom. The minimum atomic E-state index is 0.477. The molecule has 1 aliphatic rings. The number of rotatable bonds is 4. The van der Waals surface area contributed by atoms with Crippen LogP contribution in [-0.4, -0.2) is 48.2 Å². The molecule has 3 heterocycles. The Kier molecular flexibility index (Phi) is 5.13. The first-order valence-electron chi connectivity index (χ1n) is 8.55. The van der Waals surface area contributed by atoms with Crippen molar-refractivity contribution in [2.75, 3.05) is 42.3 Å². The molecule has 6 nitrogen and oxygen atoms in total. The first-order chi connectivity index (χ1) is 11.6. The van der Waals surface area contributed by atoms with E-state index in [0.717, 1.165) is 55.4 Å². The summed E-state index contributed by atoms with van der Waals surface area (Å²) >= 11 is 0. The molecule has 3 rings (SSSR count). The van der Waals surface area contributed by atoms with Gasteiger partial charge in [0.05, 0.1) is 11.9 Å². The molecule has 0 radical (unpaired) electrons. The second kappa shape index (κ2) is 7.47. The van der Waals surface area contributed by atoms with Crippen molar-refractivity contribution in [1.82, 2.24) is 15.0 Å². The Morgan fingerprint density at radius 1 is 1.12 bits per heavy atom. The van der Waals surface area contributed by atoms with Gasteiger partial charge in [-0.2, -0.15) is 0 Å². The van der Waals surface area contributed by atoms with Crippen molar-refractivity contribution in [3.05, 3.63) is 36.4 Å². The first-order valence-corrected chi connectivity index (χ1v) is 8.55. The van der Waals surface area contributed by atoms with Crippen LogP contribution in [0.15, 0.2) is 30.7 Å². The molecular formula is C18H26N6. The van der Waals surface area contributed by atoms with Crippen molar-refractivity contribution in [3.8, 4) is 0 Å². The molecule has 0 aliphatic carbocycles. The Hall–Kier alpha value is -2.37. The van der Waals surface area contributed by atoms with Crippen LogP contribution >= 0.6 is 0 Å². The van der Waals surface area contributed by atoms with Crippen molar-refractivity contribution < 1.29 is 0 Å². The fraction of sp³-hybridized carbons (Fsp3) is 0.500. The first kappa shape index (κ1) is 16.5. The lowest BCUT2D eigenvalue weighted by atomic mass is 10.1. The number of nitrogens with zero attached hydrogens (tertiary/aromatic N) is 5. The van der Waals surface area contributed by atoms with Crippen molar-refractivity contribution in [3.63, 3.8) is 0 Å². The minimum Gasteiger partial charge on any atom is -0.381 e. The zero-order valence-corrected chi connectivity index (χ0v) is 14.7. The van der Waals surface area contributed by atoms with Crippen LogP contribution in [0, 0.1) is 6.92 Å². The summed E-state index contributed by atoms with van der Waals surface area (Å²) in [4.78, 5) is 17.5. The average molecular weight is 326 g/mol. The van der Waals surface area contributed by atoms with Gasteiger partial charge in [-0.15, -0.1) is 0 Å². The highest BCUT2D eigenvalue weighted by Gasteiger charge is 2.18. The van der Waals surface area contributed by atoms with E-state index in [4.69, 9.17) is 0 Å². The highest BCUT2D eigenvalue weighted by molar-refractivity contribution is 5.48. The maximum absolute atomic E-state index is 4.48. The Labute approximate surface area is 143 Å². The number of aryl methyl sites for hydroxylation is 1. The highest BCUT2D eigenvalue weighted by Crippen LogP contribution is 2.21. The monoisotopic (exact) mass is 326 g/mol. The highest BCUT2D eigenvalue weighted by atomic mass is 15.2. The standard InChI is InChI=1S/C18H26N6/c1-14-11-18(21-13-20-14)24-9-4-5-15(8-10-24)22-16-6-7-17(19-12-16)23(2)3/h6-7,11-13,15,22H,4-5,8-10H2,1-3H3/t15-/m1/s1. The van der Waals surface area contributed by atoms with Crippen molar-refractivity contribution in [2.24, 2.45) is 0 Å². The molecule has 1 aliphatic heterocycles. The van der Waals surface area contributed by atoms with Crippen LogP contribution in [0.4, 0.5) is 17.3 Å². The lowest BCUT2D eigenvalue weighted by Gasteiger charge is -2.22. The van der Waals surface area contributed by atoms with E-state index in [1.807, 2.05) is 32.1 Å². The molecule has 24 heavy (non-hydrogen) atoms. The van der Waals surface area contributed by atoms with Crippen LogP contribution in [0.25, 0.3) is 0 Å². The Balaban J connectivity index is 1.59. The van der Waals surface area contributed by atoms with Crippen molar-refractivity contribution in [2.45, 2.75) is 32.2 Å². The summed E-state index contributed by atoms with van der Waals surface area (Å²) in [5.74, 6) is 2.02.